The summed E-state index contributed by atoms with van der Waals surface area (Å²) in [5.41, 5.74) is 2.27. The van der Waals surface area contributed by atoms with Gasteiger partial charge in [0.25, 0.3) is 0 Å². The molecule has 0 heterocycles. The van der Waals surface area contributed by atoms with Crippen molar-refractivity contribution in [3.8, 4) is 0 Å². The second-order valence-corrected chi connectivity index (χ2v) is 8.04. The molecule has 1 rings (SSSR count). The molecule has 0 aliphatic carbocycles. The van der Waals surface area contributed by atoms with Crippen molar-refractivity contribution in [2.45, 2.75) is 83.7 Å². The largest absolute Gasteiger partial charge is 0.115 e. The Kier molecular flexibility index (Phi) is 11.9. The fourth-order valence-corrected chi connectivity index (χ4v) is 4.11. The highest BCUT2D eigenvalue weighted by molar-refractivity contribution is 7.38. The predicted octanol–water partition coefficient (Wildman–Crippen LogP) is 7.35. The van der Waals surface area contributed by atoms with Gasteiger partial charge in [0.05, 0.1) is 0 Å². The lowest BCUT2D eigenvalue weighted by molar-refractivity contribution is 0.563. The van der Waals surface area contributed by atoms with Crippen molar-refractivity contribution >= 4 is 8.58 Å². The summed E-state index contributed by atoms with van der Waals surface area (Å²) in [6.45, 7) is 4.67. The highest BCUT2D eigenvalue weighted by Gasteiger charge is 2.03. The van der Waals surface area contributed by atoms with Gasteiger partial charge in [-0.05, 0) is 23.8 Å². The molecule has 1 aromatic carbocycles. The highest BCUT2D eigenvalue weighted by atomic mass is 31.1. The van der Waals surface area contributed by atoms with Crippen LogP contribution in [-0.2, 0) is 0 Å². The Hall–Kier alpha value is -0.350. The quantitative estimate of drug-likeness (QED) is 0.264. The molecule has 0 aliphatic heterocycles. The first-order valence-corrected chi connectivity index (χ1v) is 10.4. The van der Waals surface area contributed by atoms with Crippen molar-refractivity contribution < 1.29 is 0 Å². The molecule has 0 saturated heterocycles. The van der Waals surface area contributed by atoms with Crippen molar-refractivity contribution in [2.24, 2.45) is 0 Å². The van der Waals surface area contributed by atoms with Gasteiger partial charge in [0.2, 0.25) is 0 Å². The van der Waals surface area contributed by atoms with Crippen LogP contribution in [0, 0.1) is 0 Å². The van der Waals surface area contributed by atoms with E-state index in [-0.39, 0.29) is 0 Å². The van der Waals surface area contributed by atoms with Crippen molar-refractivity contribution in [3.05, 3.63) is 35.9 Å². The van der Waals surface area contributed by atoms with E-state index in [0.717, 1.165) is 14.2 Å². The minimum absolute atomic E-state index is 0.754. The van der Waals surface area contributed by atoms with E-state index in [0.29, 0.717) is 0 Å². The molecule has 2 atom stereocenters. The summed E-state index contributed by atoms with van der Waals surface area (Å²) in [6.07, 6.45) is 15.9. The molecule has 21 heavy (non-hydrogen) atoms. The number of unbranched alkanes of at least 4 members (excludes halogenated alkanes) is 9. The average molecular weight is 306 g/mol. The molecular weight excluding hydrogens is 271 g/mol. The summed E-state index contributed by atoms with van der Waals surface area (Å²) in [5.74, 6) is 0. The van der Waals surface area contributed by atoms with Crippen LogP contribution in [-0.4, -0.2) is 6.16 Å². The number of hydrogen-bond acceptors (Lipinski definition) is 0. The van der Waals surface area contributed by atoms with Gasteiger partial charge in [0, 0.05) is 0 Å². The molecule has 0 saturated carbocycles. The van der Waals surface area contributed by atoms with E-state index in [9.17, 15) is 0 Å². The van der Waals surface area contributed by atoms with E-state index in [4.69, 9.17) is 0 Å². The molecule has 1 heteroatoms. The Labute approximate surface area is 134 Å². The average Bonchev–Trinajstić information content (AvgIpc) is 2.53. The Morgan fingerprint density at radius 2 is 1.29 bits per heavy atom. The molecule has 0 nitrogen and oxygen atoms in total. The lowest BCUT2D eigenvalue weighted by Gasteiger charge is -2.11. The molecular formula is C20H35P. The van der Waals surface area contributed by atoms with Gasteiger partial charge in [-0.15, -0.1) is 8.58 Å². The maximum Gasteiger partial charge on any atom is -0.00142 e. The minimum Gasteiger partial charge on any atom is -0.115 e. The normalized spacial score (nSPS) is 13.0. The summed E-state index contributed by atoms with van der Waals surface area (Å²) in [6, 6.07) is 11.0. The predicted molar refractivity (Wildman–Crippen MR) is 99.9 cm³/mol. The first-order valence-electron chi connectivity index (χ1n) is 9.13. The Morgan fingerprint density at radius 1 is 0.762 bits per heavy atom. The third-order valence-corrected chi connectivity index (χ3v) is 5.87. The van der Waals surface area contributed by atoms with Crippen LogP contribution in [0.1, 0.15) is 89.3 Å². The fourth-order valence-electron chi connectivity index (χ4n) is 2.79. The van der Waals surface area contributed by atoms with Crippen molar-refractivity contribution in [1.29, 1.82) is 0 Å². The second-order valence-electron chi connectivity index (χ2n) is 6.27. The summed E-state index contributed by atoms with van der Waals surface area (Å²) >= 11 is 0. The zero-order chi connectivity index (χ0) is 15.2. The molecule has 0 amide bonds. The molecule has 0 fully saturated rings. The van der Waals surface area contributed by atoms with E-state index in [1.54, 1.807) is 0 Å². The van der Waals surface area contributed by atoms with Crippen LogP contribution < -0.4 is 0 Å². The van der Waals surface area contributed by atoms with Gasteiger partial charge < -0.3 is 0 Å². The summed E-state index contributed by atoms with van der Waals surface area (Å²) < 4.78 is 0. The van der Waals surface area contributed by atoms with Crippen molar-refractivity contribution in [1.82, 2.24) is 0 Å². The molecule has 2 unspecified atom stereocenters. The Morgan fingerprint density at radius 3 is 1.86 bits per heavy atom. The van der Waals surface area contributed by atoms with Crippen LogP contribution in [0.4, 0.5) is 0 Å². The van der Waals surface area contributed by atoms with Gasteiger partial charge >= 0.3 is 0 Å². The van der Waals surface area contributed by atoms with Gasteiger partial charge in [-0.3, -0.25) is 0 Å². The SMILES string of the molecule is CCCCCCCCCCCCPC(C)c1ccccc1. The molecule has 120 valence electrons. The number of hydrogen-bond donors (Lipinski definition) is 0. The lowest BCUT2D eigenvalue weighted by atomic mass is 10.1. The lowest BCUT2D eigenvalue weighted by Crippen LogP contribution is -1.88. The molecule has 0 aromatic heterocycles. The molecule has 0 bridgehead atoms. The Bertz CT molecular complexity index is 320. The smallest absolute Gasteiger partial charge is 0.00142 e. The first-order chi connectivity index (χ1) is 10.3. The summed E-state index contributed by atoms with van der Waals surface area (Å²) in [4.78, 5) is 0. The Balaban J connectivity index is 1.86. The van der Waals surface area contributed by atoms with Gasteiger partial charge in [0.15, 0.2) is 0 Å². The van der Waals surface area contributed by atoms with Crippen LogP contribution in [0.5, 0.6) is 0 Å². The van der Waals surface area contributed by atoms with Gasteiger partial charge in [-0.2, -0.15) is 0 Å². The van der Waals surface area contributed by atoms with Crippen LogP contribution in [0.15, 0.2) is 30.3 Å². The fraction of sp³-hybridized carbons (Fsp3) is 0.700. The van der Waals surface area contributed by atoms with E-state index < -0.39 is 0 Å². The van der Waals surface area contributed by atoms with E-state index in [1.165, 1.54) is 75.9 Å². The molecule has 0 N–H and O–H groups in total. The van der Waals surface area contributed by atoms with Gasteiger partial charge in [-0.25, -0.2) is 0 Å². The maximum absolute atomic E-state index is 2.38. The number of rotatable bonds is 13. The zero-order valence-electron chi connectivity index (χ0n) is 14.2. The van der Waals surface area contributed by atoms with Crippen LogP contribution in [0.2, 0.25) is 0 Å². The molecule has 1 aromatic rings. The summed E-state index contributed by atoms with van der Waals surface area (Å²) in [7, 11) is 1.10. The third kappa shape index (κ3) is 10.1. The van der Waals surface area contributed by atoms with E-state index >= 15 is 0 Å². The highest BCUT2D eigenvalue weighted by Crippen LogP contribution is 2.34. The minimum atomic E-state index is 0.754. The molecule has 0 spiro atoms. The topological polar surface area (TPSA) is 0 Å². The monoisotopic (exact) mass is 306 g/mol. The standard InChI is InChI=1S/C20H35P/c1-3-4-5-6-7-8-9-10-11-15-18-21-19(2)20-16-13-12-14-17-20/h12-14,16-17,19,21H,3-11,15,18H2,1-2H3. The van der Waals surface area contributed by atoms with Gasteiger partial charge in [-0.1, -0.05) is 102 Å². The number of benzene rings is 1. The first kappa shape index (κ1) is 18.7. The van der Waals surface area contributed by atoms with Crippen LogP contribution in [0.3, 0.4) is 0 Å². The van der Waals surface area contributed by atoms with Crippen LogP contribution >= 0.6 is 8.58 Å². The second kappa shape index (κ2) is 13.3. The van der Waals surface area contributed by atoms with E-state index in [1.807, 2.05) is 0 Å². The van der Waals surface area contributed by atoms with Crippen molar-refractivity contribution in [2.75, 3.05) is 6.16 Å². The van der Waals surface area contributed by atoms with E-state index in [2.05, 4.69) is 44.2 Å². The van der Waals surface area contributed by atoms with Crippen LogP contribution in [0.25, 0.3) is 0 Å². The summed E-state index contributed by atoms with van der Waals surface area (Å²) in [5, 5.41) is 0. The molecule has 0 radical (unpaired) electrons. The van der Waals surface area contributed by atoms with Gasteiger partial charge in [0.1, 0.15) is 0 Å². The van der Waals surface area contributed by atoms with Crippen molar-refractivity contribution in [3.63, 3.8) is 0 Å². The third-order valence-electron chi connectivity index (χ3n) is 4.28. The maximum atomic E-state index is 2.38. The molecule has 0 aliphatic rings. The zero-order valence-corrected chi connectivity index (χ0v) is 15.2.